The number of halogens is 6. The van der Waals surface area contributed by atoms with Gasteiger partial charge in [-0.15, -0.1) is 0 Å². The molecule has 1 saturated heterocycles. The molecule has 5 nitrogen and oxygen atoms in total. The van der Waals surface area contributed by atoms with Crippen molar-refractivity contribution in [2.45, 2.75) is 24.8 Å². The fourth-order valence-electron chi connectivity index (χ4n) is 3.84. The van der Waals surface area contributed by atoms with Gasteiger partial charge in [-0.3, -0.25) is 4.68 Å². The number of nitrogens with one attached hydrogen (secondary N) is 1. The van der Waals surface area contributed by atoms with E-state index >= 15 is 0 Å². The highest BCUT2D eigenvalue weighted by Crippen LogP contribution is 2.56. The van der Waals surface area contributed by atoms with Crippen LogP contribution < -0.4 is 11.1 Å². The van der Waals surface area contributed by atoms with E-state index in [0.717, 1.165) is 16.9 Å². The number of hydrogen-bond acceptors (Lipinski definition) is 4. The minimum atomic E-state index is -4.72. The van der Waals surface area contributed by atoms with Crippen LogP contribution in [0.25, 0.3) is 11.3 Å². The third-order valence-corrected chi connectivity index (χ3v) is 5.09. The van der Waals surface area contributed by atoms with Crippen molar-refractivity contribution in [2.75, 3.05) is 18.8 Å². The molecule has 146 valence electrons. The highest BCUT2D eigenvalue weighted by atomic mass is 19.4. The first-order valence-corrected chi connectivity index (χ1v) is 8.23. The summed E-state index contributed by atoms with van der Waals surface area (Å²) in [6.07, 6.45) is -8.12. The predicted octanol–water partition coefficient (Wildman–Crippen LogP) is 3.04. The van der Waals surface area contributed by atoms with Gasteiger partial charge in [-0.05, 0) is 37.1 Å². The maximum absolute atomic E-state index is 13.0. The number of nitrogen functional groups attached to an aromatic ring is 1. The minimum absolute atomic E-state index is 0.0187. The minimum Gasteiger partial charge on any atom is -0.383 e. The number of anilines is 1. The van der Waals surface area contributed by atoms with E-state index in [1.807, 2.05) is 0 Å². The number of nitrogens with zero attached hydrogens (tertiary/aromatic N) is 3. The van der Waals surface area contributed by atoms with Gasteiger partial charge in [0.25, 0.3) is 0 Å². The monoisotopic (exact) mass is 391 g/mol. The van der Waals surface area contributed by atoms with E-state index in [1.54, 1.807) is 0 Å². The first-order valence-electron chi connectivity index (χ1n) is 8.23. The predicted molar refractivity (Wildman–Crippen MR) is 83.5 cm³/mol. The Morgan fingerprint density at radius 1 is 1.11 bits per heavy atom. The summed E-state index contributed by atoms with van der Waals surface area (Å²) in [5, 5.41) is 7.09. The number of pyridine rings is 1. The number of nitrogens with two attached hydrogens (primary N) is 1. The standard InChI is InChI=1S/C16H15F6N5/c17-15(18,19)6-27-12(13-8-4-24-5-9(8)13)2-11(26-27)7-1-10(16(20,21)22)14(23)25-3-7/h1-3,8-9,13,24H,4-6H2,(H2,23,25)/t8-,9+,13+. The Morgan fingerprint density at radius 3 is 2.37 bits per heavy atom. The van der Waals surface area contributed by atoms with Crippen LogP contribution in [0.1, 0.15) is 17.2 Å². The zero-order valence-electron chi connectivity index (χ0n) is 13.8. The van der Waals surface area contributed by atoms with Gasteiger partial charge < -0.3 is 11.1 Å². The molecule has 2 aromatic rings. The molecular formula is C16H15F6N5. The largest absolute Gasteiger partial charge is 0.419 e. The summed E-state index contributed by atoms with van der Waals surface area (Å²) < 4.78 is 78.8. The second-order valence-corrected chi connectivity index (χ2v) is 6.89. The molecule has 2 fully saturated rings. The van der Waals surface area contributed by atoms with Crippen molar-refractivity contribution in [1.29, 1.82) is 0 Å². The molecule has 0 unspecified atom stereocenters. The maximum atomic E-state index is 13.0. The van der Waals surface area contributed by atoms with Crippen molar-refractivity contribution in [3.63, 3.8) is 0 Å². The molecule has 1 saturated carbocycles. The molecule has 0 spiro atoms. The lowest BCUT2D eigenvalue weighted by atomic mass is 10.1. The fourth-order valence-corrected chi connectivity index (χ4v) is 3.84. The van der Waals surface area contributed by atoms with Crippen molar-refractivity contribution in [3.8, 4) is 11.3 Å². The molecule has 3 N–H and O–H groups in total. The van der Waals surface area contributed by atoms with Gasteiger partial charge in [-0.1, -0.05) is 0 Å². The molecule has 0 bridgehead atoms. The maximum Gasteiger partial charge on any atom is 0.419 e. The van der Waals surface area contributed by atoms with Gasteiger partial charge in [-0.2, -0.15) is 31.4 Å². The third kappa shape index (κ3) is 3.35. The lowest BCUT2D eigenvalue weighted by molar-refractivity contribution is -0.143. The first-order chi connectivity index (χ1) is 12.5. The normalized spacial score (nSPS) is 24.9. The molecule has 0 aromatic carbocycles. The summed E-state index contributed by atoms with van der Waals surface area (Å²) in [6, 6.07) is 2.20. The van der Waals surface area contributed by atoms with Crippen LogP contribution in [0, 0.1) is 11.8 Å². The number of alkyl halides is 6. The highest BCUT2D eigenvalue weighted by molar-refractivity contribution is 5.63. The zero-order chi connectivity index (χ0) is 19.6. The van der Waals surface area contributed by atoms with Crippen LogP contribution in [-0.2, 0) is 12.7 Å². The highest BCUT2D eigenvalue weighted by Gasteiger charge is 2.55. The molecule has 2 aliphatic rings. The van der Waals surface area contributed by atoms with Crippen LogP contribution in [0.4, 0.5) is 32.2 Å². The lowest BCUT2D eigenvalue weighted by Crippen LogP contribution is -2.22. The Morgan fingerprint density at radius 2 is 1.78 bits per heavy atom. The summed E-state index contributed by atoms with van der Waals surface area (Å²) in [4.78, 5) is 3.53. The smallest absolute Gasteiger partial charge is 0.383 e. The molecule has 11 heteroatoms. The molecule has 4 rings (SSSR count). The van der Waals surface area contributed by atoms with Crippen LogP contribution in [0.15, 0.2) is 18.3 Å². The van der Waals surface area contributed by atoms with Gasteiger partial charge in [-0.25, -0.2) is 4.98 Å². The van der Waals surface area contributed by atoms with Crippen LogP contribution in [0.5, 0.6) is 0 Å². The molecule has 3 atom stereocenters. The van der Waals surface area contributed by atoms with Crippen LogP contribution in [0.2, 0.25) is 0 Å². The van der Waals surface area contributed by atoms with Gasteiger partial charge in [0.15, 0.2) is 0 Å². The topological polar surface area (TPSA) is 68.8 Å². The van der Waals surface area contributed by atoms with E-state index in [-0.39, 0.29) is 29.0 Å². The summed E-state index contributed by atoms with van der Waals surface area (Å²) in [5.74, 6) is -0.295. The van der Waals surface area contributed by atoms with Crippen molar-refractivity contribution in [2.24, 2.45) is 11.8 Å². The van der Waals surface area contributed by atoms with E-state index < -0.39 is 30.3 Å². The van der Waals surface area contributed by atoms with Crippen LogP contribution in [-0.4, -0.2) is 34.0 Å². The van der Waals surface area contributed by atoms with Gasteiger partial charge in [0.2, 0.25) is 0 Å². The van der Waals surface area contributed by atoms with E-state index in [1.165, 1.54) is 6.07 Å². The summed E-state index contributed by atoms with van der Waals surface area (Å²) in [5.41, 5.74) is 4.53. The van der Waals surface area contributed by atoms with Crippen molar-refractivity contribution in [1.82, 2.24) is 20.1 Å². The molecule has 27 heavy (non-hydrogen) atoms. The quantitative estimate of drug-likeness (QED) is 0.790. The van der Waals surface area contributed by atoms with E-state index in [4.69, 9.17) is 5.73 Å². The molecular weight excluding hydrogens is 376 g/mol. The van der Waals surface area contributed by atoms with Gasteiger partial charge in [0.1, 0.15) is 12.4 Å². The summed E-state index contributed by atoms with van der Waals surface area (Å²) in [7, 11) is 0. The van der Waals surface area contributed by atoms with E-state index in [0.29, 0.717) is 18.8 Å². The zero-order valence-corrected chi connectivity index (χ0v) is 13.8. The second kappa shape index (κ2) is 5.85. The summed E-state index contributed by atoms with van der Waals surface area (Å²) in [6.45, 7) is 0.132. The number of piperidine rings is 1. The lowest BCUT2D eigenvalue weighted by Gasteiger charge is -2.11. The Balaban J connectivity index is 1.74. The van der Waals surface area contributed by atoms with Crippen LogP contribution in [0.3, 0.4) is 0 Å². The molecule has 0 amide bonds. The molecule has 1 aliphatic carbocycles. The SMILES string of the molecule is Nc1ncc(-c2cc([C@H]3[C@@H]4CNC[C@@H]43)n(CC(F)(F)F)n2)cc1C(F)(F)F. The Labute approximate surface area is 149 Å². The fraction of sp³-hybridized carbons (Fsp3) is 0.500. The average molecular weight is 391 g/mol. The number of rotatable bonds is 3. The molecule has 1 aliphatic heterocycles. The van der Waals surface area contributed by atoms with E-state index in [2.05, 4.69) is 15.4 Å². The van der Waals surface area contributed by atoms with Crippen molar-refractivity contribution in [3.05, 3.63) is 29.6 Å². The number of hydrogen-bond donors (Lipinski definition) is 2. The van der Waals surface area contributed by atoms with Crippen LogP contribution >= 0.6 is 0 Å². The molecule has 0 radical (unpaired) electrons. The molecule has 2 aromatic heterocycles. The number of fused-ring (bicyclic) bond motifs is 1. The number of aromatic nitrogens is 3. The third-order valence-electron chi connectivity index (χ3n) is 5.09. The van der Waals surface area contributed by atoms with Crippen molar-refractivity contribution >= 4 is 5.82 Å². The van der Waals surface area contributed by atoms with Crippen molar-refractivity contribution < 1.29 is 26.3 Å². The second-order valence-electron chi connectivity index (χ2n) is 6.89. The Bertz CT molecular complexity index is 861. The van der Waals surface area contributed by atoms with Gasteiger partial charge in [0, 0.05) is 23.4 Å². The Hall–Kier alpha value is -2.30. The van der Waals surface area contributed by atoms with Gasteiger partial charge >= 0.3 is 12.4 Å². The first kappa shape index (κ1) is 18.1. The average Bonchev–Trinajstić information content (AvgIpc) is 2.90. The Kier molecular flexibility index (Phi) is 3.92. The summed E-state index contributed by atoms with van der Waals surface area (Å²) >= 11 is 0. The van der Waals surface area contributed by atoms with E-state index in [9.17, 15) is 26.3 Å². The van der Waals surface area contributed by atoms with Gasteiger partial charge in [0.05, 0.1) is 11.3 Å². The molecule has 3 heterocycles.